The van der Waals surface area contributed by atoms with Crippen LogP contribution in [0.5, 0.6) is 11.5 Å². The van der Waals surface area contributed by atoms with Gasteiger partial charge in [-0.3, -0.25) is 4.79 Å². The van der Waals surface area contributed by atoms with E-state index >= 15 is 0 Å². The Bertz CT molecular complexity index is 721. The summed E-state index contributed by atoms with van der Waals surface area (Å²) < 4.78 is 0. The first-order valence-electron chi connectivity index (χ1n) is 5.73. The van der Waals surface area contributed by atoms with Gasteiger partial charge in [0.15, 0.2) is 0 Å². The molecule has 0 aliphatic rings. The molecular formula is C14H11Cl3N2O3. The first-order chi connectivity index (χ1) is 10.3. The van der Waals surface area contributed by atoms with Gasteiger partial charge in [0.2, 0.25) is 0 Å². The first-order valence-corrected chi connectivity index (χ1v) is 6.86. The van der Waals surface area contributed by atoms with Gasteiger partial charge in [0.25, 0.3) is 5.91 Å². The molecule has 2 rings (SSSR count). The molecule has 0 saturated carbocycles. The van der Waals surface area contributed by atoms with E-state index < -0.39 is 5.91 Å². The molecule has 0 radical (unpaired) electrons. The van der Waals surface area contributed by atoms with E-state index in [0.29, 0.717) is 15.6 Å². The lowest BCUT2D eigenvalue weighted by molar-refractivity contribution is 0.0998. The predicted molar refractivity (Wildman–Crippen MR) is 87.6 cm³/mol. The van der Waals surface area contributed by atoms with Crippen molar-refractivity contribution in [3.8, 4) is 11.5 Å². The molecular weight excluding hydrogens is 351 g/mol. The number of aromatic hydroxyl groups is 2. The molecule has 2 aromatic carbocycles. The Labute approximate surface area is 141 Å². The molecule has 0 saturated heterocycles. The molecule has 0 aliphatic carbocycles. The molecule has 5 N–H and O–H groups in total. The summed E-state index contributed by atoms with van der Waals surface area (Å²) in [4.78, 5) is 10.6. The molecule has 2 aromatic rings. The van der Waals surface area contributed by atoms with Crippen LogP contribution in [-0.4, -0.2) is 22.3 Å². The number of benzene rings is 2. The van der Waals surface area contributed by atoms with Crippen LogP contribution in [0.25, 0.3) is 0 Å². The highest BCUT2D eigenvalue weighted by atomic mass is 35.5. The van der Waals surface area contributed by atoms with Crippen molar-refractivity contribution < 1.29 is 15.0 Å². The van der Waals surface area contributed by atoms with Crippen LogP contribution in [0.3, 0.4) is 0 Å². The predicted octanol–water partition coefficient (Wildman–Crippen LogP) is 3.84. The third-order valence-corrected chi connectivity index (χ3v) is 3.18. The van der Waals surface area contributed by atoms with Crippen molar-refractivity contribution in [1.29, 1.82) is 5.41 Å². The van der Waals surface area contributed by atoms with Crippen molar-refractivity contribution in [2.45, 2.75) is 0 Å². The number of primary amides is 1. The van der Waals surface area contributed by atoms with Gasteiger partial charge in [-0.2, -0.15) is 0 Å². The molecule has 0 fully saturated rings. The highest BCUT2D eigenvalue weighted by Crippen LogP contribution is 2.29. The summed E-state index contributed by atoms with van der Waals surface area (Å²) in [5.41, 5.74) is 5.32. The highest BCUT2D eigenvalue weighted by Gasteiger charge is 2.06. The van der Waals surface area contributed by atoms with Crippen molar-refractivity contribution >= 4 is 46.9 Å². The third-order valence-electron chi connectivity index (χ3n) is 2.44. The number of carbonyl (C=O) groups is 1. The van der Waals surface area contributed by atoms with Crippen LogP contribution in [0.4, 0.5) is 0 Å². The zero-order valence-electron chi connectivity index (χ0n) is 11.0. The summed E-state index contributed by atoms with van der Waals surface area (Å²) in [6, 6.07) is 7.02. The van der Waals surface area contributed by atoms with E-state index in [-0.39, 0.29) is 22.1 Å². The summed E-state index contributed by atoms with van der Waals surface area (Å²) in [7, 11) is 0. The zero-order chi connectivity index (χ0) is 16.9. The van der Waals surface area contributed by atoms with Gasteiger partial charge in [0, 0.05) is 21.8 Å². The topological polar surface area (TPSA) is 107 Å². The summed E-state index contributed by atoms with van der Waals surface area (Å²) in [6.07, 6.45) is 0.993. The number of nitrogens with two attached hydrogens (primary N) is 1. The molecule has 8 heteroatoms. The van der Waals surface area contributed by atoms with Crippen molar-refractivity contribution in [1.82, 2.24) is 0 Å². The van der Waals surface area contributed by atoms with Gasteiger partial charge in [-0.25, -0.2) is 0 Å². The molecule has 5 nitrogen and oxygen atoms in total. The molecule has 0 atom stereocenters. The van der Waals surface area contributed by atoms with E-state index in [1.165, 1.54) is 30.3 Å². The van der Waals surface area contributed by atoms with Gasteiger partial charge in [-0.05, 0) is 30.3 Å². The Morgan fingerprint density at radius 3 is 2.23 bits per heavy atom. The Morgan fingerprint density at radius 1 is 1.09 bits per heavy atom. The number of amides is 1. The van der Waals surface area contributed by atoms with Gasteiger partial charge in [0.1, 0.15) is 11.5 Å². The van der Waals surface area contributed by atoms with E-state index in [1.807, 2.05) is 0 Å². The van der Waals surface area contributed by atoms with Crippen LogP contribution in [0, 0.1) is 5.41 Å². The normalized spacial score (nSPS) is 9.59. The highest BCUT2D eigenvalue weighted by molar-refractivity contribution is 6.36. The minimum atomic E-state index is -0.667. The maximum absolute atomic E-state index is 10.6. The van der Waals surface area contributed by atoms with Crippen LogP contribution in [0.1, 0.15) is 15.9 Å². The number of halogens is 3. The number of phenols is 2. The Kier molecular flexibility index (Phi) is 6.49. The number of rotatable bonds is 2. The van der Waals surface area contributed by atoms with Crippen molar-refractivity contribution in [2.24, 2.45) is 5.73 Å². The largest absolute Gasteiger partial charge is 0.507 e. The fraction of sp³-hybridized carbons (Fsp3) is 0. The van der Waals surface area contributed by atoms with E-state index in [0.717, 1.165) is 6.21 Å². The second kappa shape index (κ2) is 7.89. The van der Waals surface area contributed by atoms with Crippen molar-refractivity contribution in [3.63, 3.8) is 0 Å². The lowest BCUT2D eigenvalue weighted by atomic mass is 10.2. The van der Waals surface area contributed by atoms with E-state index in [9.17, 15) is 9.90 Å². The quantitative estimate of drug-likeness (QED) is 0.610. The second-order valence-corrected chi connectivity index (χ2v) is 5.28. The fourth-order valence-electron chi connectivity index (χ4n) is 1.41. The maximum atomic E-state index is 10.6. The van der Waals surface area contributed by atoms with Crippen molar-refractivity contribution in [2.75, 3.05) is 0 Å². The lowest BCUT2D eigenvalue weighted by Gasteiger charge is -2.00. The average molecular weight is 362 g/mol. The second-order valence-electron chi connectivity index (χ2n) is 4.00. The molecule has 22 heavy (non-hydrogen) atoms. The zero-order valence-corrected chi connectivity index (χ0v) is 13.2. The van der Waals surface area contributed by atoms with E-state index in [2.05, 4.69) is 0 Å². The Hall–Kier alpha value is -1.95. The molecule has 0 spiro atoms. The van der Waals surface area contributed by atoms with Crippen LogP contribution >= 0.6 is 34.8 Å². The summed E-state index contributed by atoms with van der Waals surface area (Å²) in [6.45, 7) is 0. The minimum Gasteiger partial charge on any atom is -0.507 e. The molecule has 0 unspecified atom stereocenters. The van der Waals surface area contributed by atoms with Gasteiger partial charge >= 0.3 is 0 Å². The van der Waals surface area contributed by atoms with Crippen LogP contribution in [0.15, 0.2) is 30.3 Å². The lowest BCUT2D eigenvalue weighted by Crippen LogP contribution is -2.10. The van der Waals surface area contributed by atoms with Gasteiger partial charge in [-0.15, -0.1) is 0 Å². The Balaban J connectivity index is 0.000000220. The number of hydrogen-bond donors (Lipinski definition) is 4. The van der Waals surface area contributed by atoms with E-state index in [1.54, 1.807) is 0 Å². The number of phenolic OH excluding ortho intramolecular Hbond substituents is 1. The smallest absolute Gasteiger partial charge is 0.252 e. The molecule has 1 amide bonds. The molecule has 116 valence electrons. The molecule has 0 aliphatic heterocycles. The number of nitrogens with one attached hydrogen (secondary N) is 1. The molecule has 0 bridgehead atoms. The van der Waals surface area contributed by atoms with Crippen LogP contribution in [0.2, 0.25) is 15.1 Å². The third kappa shape index (κ3) is 4.80. The van der Waals surface area contributed by atoms with Crippen LogP contribution < -0.4 is 5.73 Å². The molecule has 0 aromatic heterocycles. The summed E-state index contributed by atoms with van der Waals surface area (Å²) in [5.74, 6) is -0.963. The Morgan fingerprint density at radius 2 is 1.73 bits per heavy atom. The van der Waals surface area contributed by atoms with Gasteiger partial charge in [0.05, 0.1) is 10.6 Å². The van der Waals surface area contributed by atoms with Crippen molar-refractivity contribution in [3.05, 3.63) is 56.5 Å². The SMILES string of the molecule is N=Cc1cc(Cl)cc(Cl)c1O.NC(=O)c1ccc(Cl)cc1O. The molecule has 0 heterocycles. The minimum absolute atomic E-state index is 0.0781. The standard InChI is InChI=1S/C7H5Cl2NO.C7H6ClNO2/c8-5-1-4(3-10)7(11)6(9)2-5;8-4-1-2-5(7(9)11)6(10)3-4/h1-3,10-11H;1-3,10H,(H2,9,11). The van der Waals surface area contributed by atoms with Gasteiger partial charge < -0.3 is 21.4 Å². The fourth-order valence-corrected chi connectivity index (χ4v) is 2.08. The number of carbonyl (C=O) groups excluding carboxylic acids is 1. The van der Waals surface area contributed by atoms with E-state index in [4.69, 9.17) is 51.1 Å². The summed E-state index contributed by atoms with van der Waals surface area (Å²) >= 11 is 16.7. The number of hydrogen-bond acceptors (Lipinski definition) is 4. The average Bonchev–Trinajstić information content (AvgIpc) is 2.43. The maximum Gasteiger partial charge on any atom is 0.252 e. The van der Waals surface area contributed by atoms with Crippen LogP contribution in [-0.2, 0) is 0 Å². The first kappa shape index (κ1) is 18.1. The monoisotopic (exact) mass is 360 g/mol. The summed E-state index contributed by atoms with van der Waals surface area (Å²) in [5, 5.41) is 26.1. The van der Waals surface area contributed by atoms with Gasteiger partial charge in [-0.1, -0.05) is 34.8 Å².